The monoisotopic (exact) mass is 295 g/mol. The van der Waals surface area contributed by atoms with Crippen molar-refractivity contribution in [2.24, 2.45) is 5.73 Å². The lowest BCUT2D eigenvalue weighted by Crippen LogP contribution is -2.11. The second kappa shape index (κ2) is 5.16. The molecule has 110 valence electrons. The molecule has 0 saturated carbocycles. The first-order valence-corrected chi connectivity index (χ1v) is 6.85. The molecule has 0 fully saturated rings. The van der Waals surface area contributed by atoms with Crippen LogP contribution >= 0.6 is 0 Å². The van der Waals surface area contributed by atoms with Crippen molar-refractivity contribution in [1.82, 2.24) is 10.1 Å². The number of nitrogens with zero attached hydrogens (tertiary/aromatic N) is 2. The van der Waals surface area contributed by atoms with Crippen molar-refractivity contribution in [3.63, 3.8) is 0 Å². The Morgan fingerprint density at radius 1 is 1.00 bits per heavy atom. The minimum Gasteiger partial charge on any atom is -0.454 e. The van der Waals surface area contributed by atoms with Gasteiger partial charge in [0.15, 0.2) is 11.5 Å². The van der Waals surface area contributed by atoms with Gasteiger partial charge in [0, 0.05) is 5.56 Å². The molecule has 2 aromatic carbocycles. The van der Waals surface area contributed by atoms with Crippen LogP contribution in [0.25, 0.3) is 11.4 Å². The molecule has 1 unspecified atom stereocenters. The van der Waals surface area contributed by atoms with Gasteiger partial charge in [-0.1, -0.05) is 35.5 Å². The second-order valence-electron chi connectivity index (χ2n) is 4.91. The Bertz CT molecular complexity index is 801. The summed E-state index contributed by atoms with van der Waals surface area (Å²) in [7, 11) is 0. The molecule has 2 N–H and O–H groups in total. The summed E-state index contributed by atoms with van der Waals surface area (Å²) >= 11 is 0. The van der Waals surface area contributed by atoms with Gasteiger partial charge < -0.3 is 19.7 Å². The summed E-state index contributed by atoms with van der Waals surface area (Å²) in [6.45, 7) is 0.231. The first kappa shape index (κ1) is 12.8. The molecule has 0 bridgehead atoms. The predicted molar refractivity (Wildman–Crippen MR) is 78.3 cm³/mol. The molecule has 6 heteroatoms. The minimum atomic E-state index is -0.448. The fraction of sp³-hybridized carbons (Fsp3) is 0.125. The van der Waals surface area contributed by atoms with Crippen LogP contribution in [0.15, 0.2) is 53.1 Å². The van der Waals surface area contributed by atoms with E-state index in [1.54, 1.807) is 0 Å². The summed E-state index contributed by atoms with van der Waals surface area (Å²) in [5.41, 5.74) is 7.87. The van der Waals surface area contributed by atoms with Gasteiger partial charge in [0.1, 0.15) is 6.04 Å². The van der Waals surface area contributed by atoms with Gasteiger partial charge in [-0.3, -0.25) is 0 Å². The first-order chi connectivity index (χ1) is 10.8. The van der Waals surface area contributed by atoms with Crippen LogP contribution in [-0.2, 0) is 0 Å². The molecular formula is C16H13N3O3. The fourth-order valence-corrected chi connectivity index (χ4v) is 2.32. The third kappa shape index (κ3) is 2.19. The Balaban J connectivity index is 1.64. The van der Waals surface area contributed by atoms with Crippen molar-refractivity contribution in [2.75, 3.05) is 6.79 Å². The minimum absolute atomic E-state index is 0.231. The van der Waals surface area contributed by atoms with E-state index in [0.29, 0.717) is 23.2 Å². The van der Waals surface area contributed by atoms with Gasteiger partial charge in [0.05, 0.1) is 0 Å². The zero-order valence-electron chi connectivity index (χ0n) is 11.6. The summed E-state index contributed by atoms with van der Waals surface area (Å²) in [4.78, 5) is 4.38. The molecule has 0 amide bonds. The van der Waals surface area contributed by atoms with Gasteiger partial charge in [-0.2, -0.15) is 4.98 Å². The average Bonchev–Trinajstić information content (AvgIpc) is 3.23. The largest absolute Gasteiger partial charge is 0.454 e. The number of aromatic nitrogens is 2. The summed E-state index contributed by atoms with van der Waals surface area (Å²) in [6, 6.07) is 14.7. The van der Waals surface area contributed by atoms with Crippen LogP contribution in [0.3, 0.4) is 0 Å². The Kier molecular flexibility index (Phi) is 3.01. The fourth-order valence-electron chi connectivity index (χ4n) is 2.32. The average molecular weight is 295 g/mol. The van der Waals surface area contributed by atoms with Crippen molar-refractivity contribution < 1.29 is 14.0 Å². The second-order valence-corrected chi connectivity index (χ2v) is 4.91. The molecule has 3 aromatic rings. The van der Waals surface area contributed by atoms with E-state index in [9.17, 15) is 0 Å². The zero-order chi connectivity index (χ0) is 14.9. The normalized spacial score (nSPS) is 14.0. The lowest BCUT2D eigenvalue weighted by atomic mass is 10.1. The molecular weight excluding hydrogens is 282 g/mol. The molecule has 22 heavy (non-hydrogen) atoms. The highest BCUT2D eigenvalue weighted by atomic mass is 16.7. The van der Waals surface area contributed by atoms with E-state index in [-0.39, 0.29) is 6.79 Å². The predicted octanol–water partition coefficient (Wildman–Crippen LogP) is 2.51. The van der Waals surface area contributed by atoms with Gasteiger partial charge in [0.25, 0.3) is 0 Å². The van der Waals surface area contributed by atoms with Crippen LogP contribution < -0.4 is 15.2 Å². The lowest BCUT2D eigenvalue weighted by molar-refractivity contribution is 0.174. The van der Waals surface area contributed by atoms with Crippen LogP contribution in [0, 0.1) is 0 Å². The van der Waals surface area contributed by atoms with Gasteiger partial charge >= 0.3 is 0 Å². The molecule has 0 spiro atoms. The SMILES string of the molecule is NC(c1ccccc1)c1nc(-c2ccc3c(c2)OCO3)no1. The Morgan fingerprint density at radius 2 is 1.82 bits per heavy atom. The van der Waals surface area contributed by atoms with Gasteiger partial charge in [-0.15, -0.1) is 0 Å². The van der Waals surface area contributed by atoms with Crippen LogP contribution in [0.5, 0.6) is 11.5 Å². The smallest absolute Gasteiger partial charge is 0.248 e. The topological polar surface area (TPSA) is 83.4 Å². The Morgan fingerprint density at radius 3 is 2.68 bits per heavy atom. The van der Waals surface area contributed by atoms with Crippen LogP contribution in [-0.4, -0.2) is 16.9 Å². The van der Waals surface area contributed by atoms with Crippen LogP contribution in [0.2, 0.25) is 0 Å². The molecule has 2 heterocycles. The third-order valence-electron chi connectivity index (χ3n) is 3.50. The number of hydrogen-bond acceptors (Lipinski definition) is 6. The number of rotatable bonds is 3. The standard InChI is InChI=1S/C16H13N3O3/c17-14(10-4-2-1-3-5-10)16-18-15(19-22-16)11-6-7-12-13(8-11)21-9-20-12/h1-8,14H,9,17H2. The summed E-state index contributed by atoms with van der Waals surface area (Å²) < 4.78 is 15.9. The van der Waals surface area contributed by atoms with Gasteiger partial charge in [-0.05, 0) is 23.8 Å². The van der Waals surface area contributed by atoms with Crippen molar-refractivity contribution in [3.8, 4) is 22.9 Å². The maximum absolute atomic E-state index is 6.16. The summed E-state index contributed by atoms with van der Waals surface area (Å²) in [6.07, 6.45) is 0. The van der Waals surface area contributed by atoms with E-state index in [1.165, 1.54) is 0 Å². The van der Waals surface area contributed by atoms with Crippen molar-refractivity contribution >= 4 is 0 Å². The number of benzene rings is 2. The van der Waals surface area contributed by atoms with Gasteiger partial charge in [0.2, 0.25) is 18.5 Å². The summed E-state index contributed by atoms with van der Waals surface area (Å²) in [5, 5.41) is 4.00. The number of nitrogens with two attached hydrogens (primary N) is 1. The molecule has 1 aromatic heterocycles. The van der Waals surface area contributed by atoms with E-state index >= 15 is 0 Å². The van der Waals surface area contributed by atoms with Crippen LogP contribution in [0.4, 0.5) is 0 Å². The quantitative estimate of drug-likeness (QED) is 0.799. The molecule has 0 aliphatic carbocycles. The molecule has 4 rings (SSSR count). The Hall–Kier alpha value is -2.86. The highest BCUT2D eigenvalue weighted by molar-refractivity contribution is 5.61. The molecule has 0 radical (unpaired) electrons. The molecule has 1 aliphatic rings. The van der Waals surface area contributed by atoms with E-state index in [0.717, 1.165) is 11.1 Å². The van der Waals surface area contributed by atoms with Crippen molar-refractivity contribution in [3.05, 3.63) is 60.0 Å². The first-order valence-electron chi connectivity index (χ1n) is 6.85. The van der Waals surface area contributed by atoms with Gasteiger partial charge in [-0.25, -0.2) is 0 Å². The van der Waals surface area contributed by atoms with Crippen molar-refractivity contribution in [2.45, 2.75) is 6.04 Å². The summed E-state index contributed by atoms with van der Waals surface area (Å²) in [5.74, 6) is 2.24. The number of hydrogen-bond donors (Lipinski definition) is 1. The maximum Gasteiger partial charge on any atom is 0.248 e. The molecule has 1 aliphatic heterocycles. The molecule has 0 saturated heterocycles. The van der Waals surface area contributed by atoms with Crippen molar-refractivity contribution in [1.29, 1.82) is 0 Å². The van der Waals surface area contributed by atoms with E-state index < -0.39 is 6.04 Å². The Labute approximate surface area is 126 Å². The lowest BCUT2D eigenvalue weighted by Gasteiger charge is -2.05. The molecule has 1 atom stereocenters. The maximum atomic E-state index is 6.16. The highest BCUT2D eigenvalue weighted by Crippen LogP contribution is 2.35. The van der Waals surface area contributed by atoms with E-state index in [1.807, 2.05) is 48.5 Å². The highest BCUT2D eigenvalue weighted by Gasteiger charge is 2.19. The zero-order valence-corrected chi connectivity index (χ0v) is 11.6. The van der Waals surface area contributed by atoms with Crippen LogP contribution in [0.1, 0.15) is 17.5 Å². The van der Waals surface area contributed by atoms with E-state index in [4.69, 9.17) is 19.7 Å². The molecule has 6 nitrogen and oxygen atoms in total. The number of ether oxygens (including phenoxy) is 2. The van der Waals surface area contributed by atoms with E-state index in [2.05, 4.69) is 10.1 Å². The number of fused-ring (bicyclic) bond motifs is 1. The third-order valence-corrected chi connectivity index (χ3v) is 3.50.